The minimum atomic E-state index is 0.584. The molecule has 0 spiro atoms. The molecule has 4 aliphatic carbocycles. The normalized spacial score (nSPS) is 41.1. The van der Waals surface area contributed by atoms with Crippen LogP contribution in [0.15, 0.2) is 24.3 Å². The van der Waals surface area contributed by atoms with E-state index in [9.17, 15) is 0 Å². The van der Waals surface area contributed by atoms with E-state index in [2.05, 4.69) is 31.1 Å². The van der Waals surface area contributed by atoms with E-state index in [1.807, 2.05) is 0 Å². The van der Waals surface area contributed by atoms with Gasteiger partial charge in [-0.05, 0) is 67.3 Å². The zero-order valence-electron chi connectivity index (χ0n) is 11.5. The van der Waals surface area contributed by atoms with Gasteiger partial charge in [0.05, 0.1) is 0 Å². The summed E-state index contributed by atoms with van der Waals surface area (Å²) in [6.07, 6.45) is 9.12. The van der Waals surface area contributed by atoms with Gasteiger partial charge < -0.3 is 0 Å². The van der Waals surface area contributed by atoms with Gasteiger partial charge in [-0.1, -0.05) is 36.6 Å². The highest BCUT2D eigenvalue weighted by molar-refractivity contribution is 6.51. The van der Waals surface area contributed by atoms with Crippen LogP contribution < -0.4 is 5.46 Å². The maximum absolute atomic E-state index is 2.45. The Bertz CT molecular complexity index is 410. The van der Waals surface area contributed by atoms with Gasteiger partial charge >= 0.3 is 0 Å². The lowest BCUT2D eigenvalue weighted by Gasteiger charge is -2.57. The van der Waals surface area contributed by atoms with E-state index in [1.165, 1.54) is 32.0 Å². The molecule has 0 aliphatic heterocycles. The second-order valence-corrected chi connectivity index (χ2v) is 7.25. The minimum absolute atomic E-state index is 0.584. The summed E-state index contributed by atoms with van der Waals surface area (Å²) < 4.78 is 0. The Balaban J connectivity index is 1.70. The zero-order chi connectivity index (χ0) is 12.2. The van der Waals surface area contributed by atoms with Gasteiger partial charge in [0, 0.05) is 0 Å². The van der Waals surface area contributed by atoms with Crippen LogP contribution in [0.5, 0.6) is 0 Å². The molecule has 18 heavy (non-hydrogen) atoms. The van der Waals surface area contributed by atoms with Gasteiger partial charge in [0.1, 0.15) is 0 Å². The van der Waals surface area contributed by atoms with Crippen LogP contribution in [0.3, 0.4) is 0 Å². The van der Waals surface area contributed by atoms with Crippen LogP contribution in [0, 0.1) is 17.8 Å². The smallest absolute Gasteiger partial charge is 0.0849 e. The minimum Gasteiger partial charge on any atom is -0.0849 e. The molecule has 94 valence electrons. The van der Waals surface area contributed by atoms with Gasteiger partial charge in [0.2, 0.25) is 0 Å². The molecule has 0 radical (unpaired) electrons. The van der Waals surface area contributed by atoms with E-state index in [4.69, 9.17) is 0 Å². The Hall–Kier alpha value is -0.715. The van der Waals surface area contributed by atoms with Crippen molar-refractivity contribution in [3.63, 3.8) is 0 Å². The predicted octanol–water partition coefficient (Wildman–Crippen LogP) is 3.26. The standard InChI is InChI=1S/C17H23B/c1-18-16-4-2-15(3-5-16)17-9-12-6-13(10-17)8-14(7-12)11-17/h2-5,12-14,18H,6-11H2,1H3. The van der Waals surface area contributed by atoms with Crippen LogP contribution >= 0.6 is 0 Å². The molecule has 1 heteroatoms. The summed E-state index contributed by atoms with van der Waals surface area (Å²) in [5, 5.41) is 0. The molecule has 0 N–H and O–H groups in total. The number of rotatable bonds is 2. The molecule has 4 fully saturated rings. The molecule has 0 atom stereocenters. The van der Waals surface area contributed by atoms with Crippen molar-refractivity contribution in [3.05, 3.63) is 29.8 Å². The van der Waals surface area contributed by atoms with Crippen molar-refractivity contribution in [1.82, 2.24) is 0 Å². The van der Waals surface area contributed by atoms with Crippen molar-refractivity contribution < 1.29 is 0 Å². The van der Waals surface area contributed by atoms with Gasteiger partial charge in [0.25, 0.3) is 0 Å². The van der Waals surface area contributed by atoms with Crippen molar-refractivity contribution in [3.8, 4) is 0 Å². The Morgan fingerprint density at radius 3 is 1.83 bits per heavy atom. The van der Waals surface area contributed by atoms with E-state index >= 15 is 0 Å². The average molecular weight is 238 g/mol. The van der Waals surface area contributed by atoms with Gasteiger partial charge in [0.15, 0.2) is 7.28 Å². The Kier molecular flexibility index (Phi) is 2.41. The molecule has 0 nitrogen and oxygen atoms in total. The molecule has 0 unspecified atom stereocenters. The third-order valence-corrected chi connectivity index (χ3v) is 6.01. The van der Waals surface area contributed by atoms with E-state index in [1.54, 1.807) is 24.8 Å². The summed E-state index contributed by atoms with van der Waals surface area (Å²) >= 11 is 0. The second kappa shape index (κ2) is 3.89. The van der Waals surface area contributed by atoms with Crippen LogP contribution in [0.2, 0.25) is 6.82 Å². The molecular weight excluding hydrogens is 215 g/mol. The number of hydrogen-bond donors (Lipinski definition) is 0. The van der Waals surface area contributed by atoms with E-state index < -0.39 is 0 Å². The second-order valence-electron chi connectivity index (χ2n) is 7.25. The molecule has 1 aromatic carbocycles. The van der Waals surface area contributed by atoms with Gasteiger partial charge in [-0.3, -0.25) is 0 Å². The molecule has 4 bridgehead atoms. The lowest BCUT2D eigenvalue weighted by molar-refractivity contribution is -0.00517. The quantitative estimate of drug-likeness (QED) is 0.694. The summed E-state index contributed by atoms with van der Waals surface area (Å²) in [6.45, 7) is 2.25. The molecule has 0 amide bonds. The van der Waals surface area contributed by atoms with Crippen molar-refractivity contribution >= 4 is 12.7 Å². The topological polar surface area (TPSA) is 0 Å². The fourth-order valence-corrected chi connectivity index (χ4v) is 5.56. The van der Waals surface area contributed by atoms with Gasteiger partial charge in [-0.25, -0.2) is 0 Å². The van der Waals surface area contributed by atoms with E-state index in [0.29, 0.717) is 5.41 Å². The maximum atomic E-state index is 2.45. The monoisotopic (exact) mass is 238 g/mol. The van der Waals surface area contributed by atoms with Crippen molar-refractivity contribution in [1.29, 1.82) is 0 Å². The maximum Gasteiger partial charge on any atom is 0.154 e. The molecule has 0 saturated heterocycles. The fourth-order valence-electron chi connectivity index (χ4n) is 5.56. The van der Waals surface area contributed by atoms with Crippen LogP contribution in [-0.4, -0.2) is 7.28 Å². The first kappa shape index (κ1) is 11.1. The third kappa shape index (κ3) is 1.59. The van der Waals surface area contributed by atoms with Crippen LogP contribution in [0.4, 0.5) is 0 Å². The summed E-state index contributed by atoms with van der Waals surface area (Å²) in [5.74, 6) is 3.17. The van der Waals surface area contributed by atoms with Crippen molar-refractivity contribution in [2.24, 2.45) is 17.8 Å². The number of hydrogen-bond acceptors (Lipinski definition) is 0. The predicted molar refractivity (Wildman–Crippen MR) is 78.9 cm³/mol. The lowest BCUT2D eigenvalue weighted by atomic mass is 9.48. The zero-order valence-corrected chi connectivity index (χ0v) is 11.5. The molecule has 5 rings (SSSR count). The van der Waals surface area contributed by atoms with Crippen LogP contribution in [-0.2, 0) is 5.41 Å². The number of benzene rings is 1. The Morgan fingerprint density at radius 2 is 1.39 bits per heavy atom. The first-order chi connectivity index (χ1) is 8.77. The molecule has 1 aromatic rings. The fraction of sp³-hybridized carbons (Fsp3) is 0.647. The molecule has 4 saturated carbocycles. The summed E-state index contributed by atoms with van der Waals surface area (Å²) in [4.78, 5) is 0. The first-order valence-corrected chi connectivity index (χ1v) is 7.87. The summed E-state index contributed by atoms with van der Waals surface area (Å²) in [7, 11) is 1.17. The highest BCUT2D eigenvalue weighted by Gasteiger charge is 2.51. The third-order valence-electron chi connectivity index (χ3n) is 6.01. The van der Waals surface area contributed by atoms with Crippen LogP contribution in [0.1, 0.15) is 44.1 Å². The molecule has 0 aromatic heterocycles. The largest absolute Gasteiger partial charge is 0.154 e. The Morgan fingerprint density at radius 1 is 0.889 bits per heavy atom. The van der Waals surface area contributed by atoms with Crippen molar-refractivity contribution in [2.45, 2.75) is 50.8 Å². The summed E-state index contributed by atoms with van der Waals surface area (Å²) in [5.41, 5.74) is 3.74. The lowest BCUT2D eigenvalue weighted by Crippen LogP contribution is -2.48. The first-order valence-electron chi connectivity index (χ1n) is 7.87. The van der Waals surface area contributed by atoms with E-state index in [-0.39, 0.29) is 0 Å². The Labute approximate surface area is 111 Å². The molecule has 0 heterocycles. The molecular formula is C17H23B. The summed E-state index contributed by atoms with van der Waals surface area (Å²) in [6, 6.07) is 9.64. The van der Waals surface area contributed by atoms with E-state index in [0.717, 1.165) is 17.8 Å². The highest BCUT2D eigenvalue weighted by Crippen LogP contribution is 2.60. The van der Waals surface area contributed by atoms with Crippen LogP contribution in [0.25, 0.3) is 0 Å². The average Bonchev–Trinajstić information content (AvgIpc) is 2.37. The molecule has 4 aliphatic rings. The highest BCUT2D eigenvalue weighted by atomic mass is 14.6. The van der Waals surface area contributed by atoms with Gasteiger partial charge in [-0.15, -0.1) is 0 Å². The van der Waals surface area contributed by atoms with Crippen molar-refractivity contribution in [2.75, 3.05) is 0 Å². The van der Waals surface area contributed by atoms with Gasteiger partial charge in [-0.2, -0.15) is 0 Å². The SMILES string of the molecule is CBc1ccc(C23CC4CC(CC(C4)C2)C3)cc1.